The molecular weight excluding hydrogens is 490 g/mol. The van der Waals surface area contributed by atoms with Crippen LogP contribution in [0.1, 0.15) is 18.4 Å². The minimum Gasteiger partial charge on any atom is -0.379 e. The van der Waals surface area contributed by atoms with Gasteiger partial charge in [0.15, 0.2) is 0 Å². The van der Waals surface area contributed by atoms with Crippen LogP contribution in [0.15, 0.2) is 67.0 Å². The van der Waals surface area contributed by atoms with Crippen molar-refractivity contribution in [2.75, 3.05) is 43.5 Å². The first kappa shape index (κ1) is 25.2. The average molecular weight is 524 g/mol. The minimum atomic E-state index is 0.102. The van der Waals surface area contributed by atoms with Gasteiger partial charge in [0.05, 0.1) is 18.9 Å². The molecule has 9 heteroatoms. The average Bonchev–Trinajstić information content (AvgIpc) is 3.75. The Morgan fingerprint density at radius 1 is 1.05 bits per heavy atom. The van der Waals surface area contributed by atoms with Crippen molar-refractivity contribution in [3.8, 4) is 22.5 Å². The zero-order valence-corrected chi connectivity index (χ0v) is 22.1. The number of hydrogen-bond donors (Lipinski definition) is 2. The van der Waals surface area contributed by atoms with E-state index in [4.69, 9.17) is 14.8 Å². The van der Waals surface area contributed by atoms with E-state index in [1.165, 1.54) is 5.56 Å². The number of benzene rings is 2. The molecule has 1 aliphatic carbocycles. The molecule has 39 heavy (non-hydrogen) atoms. The van der Waals surface area contributed by atoms with Gasteiger partial charge in [0, 0.05) is 67.5 Å². The van der Waals surface area contributed by atoms with Gasteiger partial charge in [-0.1, -0.05) is 24.3 Å². The number of rotatable bonds is 9. The molecule has 1 aliphatic heterocycles. The highest BCUT2D eigenvalue weighted by Crippen LogP contribution is 2.32. The fourth-order valence-electron chi connectivity index (χ4n) is 4.81. The summed E-state index contributed by atoms with van der Waals surface area (Å²) in [5, 5.41) is 11.1. The number of anilines is 3. The molecular formula is C30H33N7O2. The van der Waals surface area contributed by atoms with Crippen molar-refractivity contribution < 1.29 is 9.53 Å². The molecule has 0 unspecified atom stereocenters. The highest BCUT2D eigenvalue weighted by atomic mass is 16.5. The summed E-state index contributed by atoms with van der Waals surface area (Å²) in [5.74, 6) is 0.806. The zero-order valence-electron chi connectivity index (χ0n) is 22.1. The molecule has 2 aromatic heterocycles. The van der Waals surface area contributed by atoms with Gasteiger partial charge >= 0.3 is 0 Å². The summed E-state index contributed by atoms with van der Waals surface area (Å²) in [6, 6.07) is 18.1. The first-order valence-electron chi connectivity index (χ1n) is 13.6. The molecule has 2 N–H and O–H groups in total. The molecule has 0 spiro atoms. The van der Waals surface area contributed by atoms with Crippen LogP contribution in [0, 0.1) is 5.92 Å². The predicted molar refractivity (Wildman–Crippen MR) is 152 cm³/mol. The van der Waals surface area contributed by atoms with Crippen molar-refractivity contribution in [2.24, 2.45) is 13.0 Å². The SMILES string of the molecule is Cn1cc(-c2ccnc(Nc3cccc(CCN4CCOCC4)c3)n2)c(-c2ccc(NC(=O)C3CC3)cc2)n1. The summed E-state index contributed by atoms with van der Waals surface area (Å²) < 4.78 is 7.25. The molecule has 1 saturated heterocycles. The molecule has 0 radical (unpaired) electrons. The van der Waals surface area contributed by atoms with Gasteiger partial charge in [0.25, 0.3) is 0 Å². The molecule has 0 bridgehead atoms. The fraction of sp³-hybridized carbons (Fsp3) is 0.333. The molecule has 4 aromatic rings. The summed E-state index contributed by atoms with van der Waals surface area (Å²) in [5.41, 5.74) is 6.51. The van der Waals surface area contributed by atoms with Crippen molar-refractivity contribution >= 4 is 23.2 Å². The molecule has 3 heterocycles. The molecule has 1 saturated carbocycles. The number of aryl methyl sites for hydroxylation is 1. The second-order valence-corrected chi connectivity index (χ2v) is 10.2. The monoisotopic (exact) mass is 523 g/mol. The lowest BCUT2D eigenvalue weighted by atomic mass is 10.1. The Kier molecular flexibility index (Phi) is 7.33. The normalized spacial score (nSPS) is 15.7. The lowest BCUT2D eigenvalue weighted by molar-refractivity contribution is -0.117. The third-order valence-corrected chi connectivity index (χ3v) is 7.14. The number of morpholine rings is 1. The molecule has 2 fully saturated rings. The van der Waals surface area contributed by atoms with Crippen LogP contribution in [0.4, 0.5) is 17.3 Å². The summed E-state index contributed by atoms with van der Waals surface area (Å²) in [6.45, 7) is 4.65. The number of amides is 1. The smallest absolute Gasteiger partial charge is 0.227 e. The number of carbonyl (C=O) groups excluding carboxylic acids is 1. The molecule has 9 nitrogen and oxygen atoms in total. The first-order chi connectivity index (χ1) is 19.1. The molecule has 0 atom stereocenters. The van der Waals surface area contributed by atoms with Crippen LogP contribution in [-0.2, 0) is 23.0 Å². The van der Waals surface area contributed by atoms with E-state index in [2.05, 4.69) is 38.7 Å². The van der Waals surface area contributed by atoms with Crippen molar-refractivity contribution in [1.29, 1.82) is 0 Å². The van der Waals surface area contributed by atoms with Crippen molar-refractivity contribution in [3.63, 3.8) is 0 Å². The van der Waals surface area contributed by atoms with Gasteiger partial charge in [-0.3, -0.25) is 14.4 Å². The Hall–Kier alpha value is -4.08. The lowest BCUT2D eigenvalue weighted by Gasteiger charge is -2.26. The fourth-order valence-corrected chi connectivity index (χ4v) is 4.81. The van der Waals surface area contributed by atoms with Gasteiger partial charge in [0.2, 0.25) is 11.9 Å². The van der Waals surface area contributed by atoms with Crippen LogP contribution in [0.3, 0.4) is 0 Å². The van der Waals surface area contributed by atoms with Gasteiger partial charge in [-0.05, 0) is 55.2 Å². The zero-order chi connectivity index (χ0) is 26.6. The molecule has 6 rings (SSSR count). The maximum Gasteiger partial charge on any atom is 0.227 e. The Balaban J connectivity index is 1.16. The summed E-state index contributed by atoms with van der Waals surface area (Å²) in [7, 11) is 1.90. The van der Waals surface area contributed by atoms with Crippen LogP contribution >= 0.6 is 0 Å². The summed E-state index contributed by atoms with van der Waals surface area (Å²) in [4.78, 5) is 23.8. The van der Waals surface area contributed by atoms with Crippen LogP contribution in [0.2, 0.25) is 0 Å². The highest BCUT2D eigenvalue weighted by Gasteiger charge is 2.29. The largest absolute Gasteiger partial charge is 0.379 e. The number of nitrogens with one attached hydrogen (secondary N) is 2. The summed E-state index contributed by atoms with van der Waals surface area (Å²) >= 11 is 0. The van der Waals surface area contributed by atoms with Crippen LogP contribution in [0.25, 0.3) is 22.5 Å². The maximum atomic E-state index is 12.1. The van der Waals surface area contributed by atoms with E-state index in [1.807, 2.05) is 49.6 Å². The van der Waals surface area contributed by atoms with E-state index in [-0.39, 0.29) is 11.8 Å². The second-order valence-electron chi connectivity index (χ2n) is 10.2. The molecule has 2 aromatic carbocycles. The van der Waals surface area contributed by atoms with E-state index in [9.17, 15) is 4.79 Å². The third-order valence-electron chi connectivity index (χ3n) is 7.14. The first-order valence-corrected chi connectivity index (χ1v) is 13.6. The van der Waals surface area contributed by atoms with Gasteiger partial charge in [-0.25, -0.2) is 9.97 Å². The Morgan fingerprint density at radius 3 is 2.67 bits per heavy atom. The Morgan fingerprint density at radius 2 is 1.87 bits per heavy atom. The Bertz CT molecular complexity index is 1440. The van der Waals surface area contributed by atoms with Crippen molar-refractivity contribution in [3.05, 3.63) is 72.6 Å². The van der Waals surface area contributed by atoms with Crippen molar-refractivity contribution in [1.82, 2.24) is 24.6 Å². The third kappa shape index (κ3) is 6.32. The van der Waals surface area contributed by atoms with E-state index in [0.29, 0.717) is 5.95 Å². The van der Waals surface area contributed by atoms with E-state index in [0.717, 1.165) is 86.0 Å². The number of hydrogen-bond acceptors (Lipinski definition) is 7. The van der Waals surface area contributed by atoms with E-state index in [1.54, 1.807) is 10.9 Å². The number of aromatic nitrogens is 4. The maximum absolute atomic E-state index is 12.1. The topological polar surface area (TPSA) is 97.2 Å². The van der Waals surface area contributed by atoms with Crippen LogP contribution in [-0.4, -0.2) is 63.4 Å². The number of nitrogens with zero attached hydrogens (tertiary/aromatic N) is 5. The van der Waals surface area contributed by atoms with Crippen LogP contribution in [0.5, 0.6) is 0 Å². The van der Waals surface area contributed by atoms with Gasteiger partial charge in [-0.15, -0.1) is 0 Å². The minimum absolute atomic E-state index is 0.102. The molecule has 200 valence electrons. The molecule has 1 amide bonds. The number of carbonyl (C=O) groups is 1. The summed E-state index contributed by atoms with van der Waals surface area (Å²) in [6.07, 6.45) is 6.68. The Labute approximate surface area is 228 Å². The predicted octanol–water partition coefficient (Wildman–Crippen LogP) is 4.51. The highest BCUT2D eigenvalue weighted by molar-refractivity contribution is 5.94. The van der Waals surface area contributed by atoms with E-state index < -0.39 is 0 Å². The number of ether oxygens (including phenoxy) is 1. The van der Waals surface area contributed by atoms with Gasteiger partial charge in [-0.2, -0.15) is 5.10 Å². The van der Waals surface area contributed by atoms with Crippen molar-refractivity contribution in [2.45, 2.75) is 19.3 Å². The van der Waals surface area contributed by atoms with Crippen LogP contribution < -0.4 is 10.6 Å². The lowest BCUT2D eigenvalue weighted by Crippen LogP contribution is -2.37. The van der Waals surface area contributed by atoms with Gasteiger partial charge < -0.3 is 15.4 Å². The molecule has 2 aliphatic rings. The van der Waals surface area contributed by atoms with E-state index >= 15 is 0 Å². The van der Waals surface area contributed by atoms with Gasteiger partial charge in [0.1, 0.15) is 5.69 Å². The quantitative estimate of drug-likeness (QED) is 0.333. The standard InChI is InChI=1S/C30H33N7O2/c1-36-20-26(28(35-36)22-7-9-24(10-8-22)32-29(38)23-5-6-23)27-11-13-31-30(34-27)33-25-4-2-3-21(19-25)12-14-37-15-17-39-18-16-37/h2-4,7-11,13,19-20,23H,5-6,12,14-18H2,1H3,(H,32,38)(H,31,33,34). The second kappa shape index (κ2) is 11.3.